The molecule has 0 aliphatic carbocycles. The third kappa shape index (κ3) is 0.875. The summed E-state index contributed by atoms with van der Waals surface area (Å²) in [6.45, 7) is 1.76. The van der Waals surface area contributed by atoms with Crippen LogP contribution in [0.5, 0.6) is 0 Å². The molecule has 11 heavy (non-hydrogen) atoms. The average Bonchev–Trinajstić information content (AvgIpc) is 2.53. The summed E-state index contributed by atoms with van der Waals surface area (Å²) in [5.74, 6) is 0.777. The molecule has 4 nitrogen and oxygen atoms in total. The largest absolute Gasteiger partial charge is 0.354 e. The van der Waals surface area contributed by atoms with Gasteiger partial charge in [-0.2, -0.15) is 0 Å². The van der Waals surface area contributed by atoms with Gasteiger partial charge in [0.1, 0.15) is 10.3 Å². The third-order valence-electron chi connectivity index (χ3n) is 1.66. The van der Waals surface area contributed by atoms with Gasteiger partial charge in [-0.25, -0.2) is 4.98 Å². The van der Waals surface area contributed by atoms with Crippen LogP contribution in [0.25, 0.3) is 0 Å². The number of carbonyl (C=O) groups excluding carboxylic acids is 1. The first-order chi connectivity index (χ1) is 5.33. The minimum Gasteiger partial charge on any atom is -0.354 e. The highest BCUT2D eigenvalue weighted by atomic mass is 79.9. The Morgan fingerprint density at radius 1 is 1.73 bits per heavy atom. The summed E-state index contributed by atoms with van der Waals surface area (Å²) in [5.41, 5.74) is 0.465. The van der Waals surface area contributed by atoms with Gasteiger partial charge in [0.2, 0.25) is 5.95 Å². The Bertz CT molecular complexity index is 307. The van der Waals surface area contributed by atoms with Crippen LogP contribution in [0.4, 0.5) is 5.95 Å². The van der Waals surface area contributed by atoms with Gasteiger partial charge < -0.3 is 9.88 Å². The van der Waals surface area contributed by atoms with Crippen LogP contribution in [-0.2, 0) is 6.54 Å². The highest BCUT2D eigenvalue weighted by molar-refractivity contribution is 9.10. The normalized spacial score (nSPS) is 14.3. The van der Waals surface area contributed by atoms with E-state index >= 15 is 0 Å². The highest BCUT2D eigenvalue weighted by Gasteiger charge is 2.17. The van der Waals surface area contributed by atoms with Gasteiger partial charge in [0, 0.05) is 13.1 Å². The molecule has 0 amide bonds. The standard InChI is InChI=1S/C6H6BrN3O/c7-5-4(3-11)9-6-8-1-2-10(5)6/h3H,1-2H2,(H,8,9). The smallest absolute Gasteiger partial charge is 0.204 e. The van der Waals surface area contributed by atoms with Crippen molar-refractivity contribution in [2.75, 3.05) is 11.9 Å². The molecule has 0 saturated heterocycles. The number of aldehydes is 1. The Hall–Kier alpha value is -0.840. The van der Waals surface area contributed by atoms with Crippen LogP contribution >= 0.6 is 15.9 Å². The molecular weight excluding hydrogens is 210 g/mol. The second kappa shape index (κ2) is 2.34. The van der Waals surface area contributed by atoms with Gasteiger partial charge in [-0.3, -0.25) is 4.79 Å². The summed E-state index contributed by atoms with van der Waals surface area (Å²) in [6.07, 6.45) is 0.747. The van der Waals surface area contributed by atoms with Crippen molar-refractivity contribution < 1.29 is 4.79 Å². The maximum Gasteiger partial charge on any atom is 0.204 e. The molecule has 1 aliphatic rings. The molecule has 0 bridgehead atoms. The van der Waals surface area contributed by atoms with Crippen LogP contribution in [0.15, 0.2) is 4.60 Å². The van der Waals surface area contributed by atoms with Gasteiger partial charge in [-0.15, -0.1) is 0 Å². The molecule has 0 fully saturated rings. The fourth-order valence-electron chi connectivity index (χ4n) is 1.15. The number of nitrogens with zero attached hydrogens (tertiary/aromatic N) is 2. The first-order valence-electron chi connectivity index (χ1n) is 3.28. The van der Waals surface area contributed by atoms with Gasteiger partial charge in [0.05, 0.1) is 0 Å². The van der Waals surface area contributed by atoms with E-state index in [1.54, 1.807) is 0 Å². The second-order valence-corrected chi connectivity index (χ2v) is 3.06. The number of halogens is 1. The molecular formula is C6H6BrN3O. The second-order valence-electron chi connectivity index (χ2n) is 2.31. The molecule has 0 radical (unpaired) electrons. The predicted molar refractivity (Wildman–Crippen MR) is 43.8 cm³/mol. The number of anilines is 1. The summed E-state index contributed by atoms with van der Waals surface area (Å²) in [5, 5.41) is 3.06. The molecule has 0 atom stereocenters. The maximum absolute atomic E-state index is 10.4. The molecule has 1 N–H and O–H groups in total. The molecule has 0 unspecified atom stereocenters. The van der Waals surface area contributed by atoms with Crippen molar-refractivity contribution >= 4 is 28.2 Å². The number of nitrogens with one attached hydrogen (secondary N) is 1. The van der Waals surface area contributed by atoms with Crippen LogP contribution in [0.1, 0.15) is 10.5 Å². The molecule has 1 aliphatic heterocycles. The summed E-state index contributed by atoms with van der Waals surface area (Å²) in [6, 6.07) is 0. The van der Waals surface area contributed by atoms with Gasteiger partial charge in [-0.05, 0) is 15.9 Å². The quantitative estimate of drug-likeness (QED) is 0.709. The SMILES string of the molecule is O=Cc1nc2n(c1Br)CCN2. The average molecular weight is 216 g/mol. The highest BCUT2D eigenvalue weighted by Crippen LogP contribution is 2.23. The van der Waals surface area contributed by atoms with Crippen molar-refractivity contribution in [1.82, 2.24) is 9.55 Å². The molecule has 5 heteroatoms. The lowest BCUT2D eigenvalue weighted by molar-refractivity contribution is 0.111. The number of carbonyl (C=O) groups is 1. The number of fused-ring (bicyclic) bond motifs is 1. The summed E-state index contributed by atoms with van der Waals surface area (Å²) in [7, 11) is 0. The van der Waals surface area contributed by atoms with E-state index in [2.05, 4.69) is 26.2 Å². The summed E-state index contributed by atoms with van der Waals surface area (Å²) < 4.78 is 2.71. The molecule has 0 aromatic carbocycles. The zero-order valence-electron chi connectivity index (χ0n) is 5.67. The number of hydrogen-bond donors (Lipinski definition) is 1. The van der Waals surface area contributed by atoms with Crippen LogP contribution < -0.4 is 5.32 Å². The van der Waals surface area contributed by atoms with E-state index in [1.807, 2.05) is 4.57 Å². The van der Waals surface area contributed by atoms with Gasteiger partial charge >= 0.3 is 0 Å². The van der Waals surface area contributed by atoms with Crippen molar-refractivity contribution in [3.63, 3.8) is 0 Å². The Morgan fingerprint density at radius 2 is 2.55 bits per heavy atom. The first-order valence-corrected chi connectivity index (χ1v) is 4.07. The van der Waals surface area contributed by atoms with Crippen molar-refractivity contribution in [2.24, 2.45) is 0 Å². The van der Waals surface area contributed by atoms with Gasteiger partial charge in [0.15, 0.2) is 6.29 Å². The molecule has 1 aromatic heterocycles. The van der Waals surface area contributed by atoms with Gasteiger partial charge in [-0.1, -0.05) is 0 Å². The summed E-state index contributed by atoms with van der Waals surface area (Å²) >= 11 is 3.29. The van der Waals surface area contributed by atoms with Crippen molar-refractivity contribution in [3.8, 4) is 0 Å². The number of aromatic nitrogens is 2. The van der Waals surface area contributed by atoms with Crippen LogP contribution in [0, 0.1) is 0 Å². The third-order valence-corrected chi connectivity index (χ3v) is 2.49. The minimum atomic E-state index is 0.465. The number of rotatable bonds is 1. The lowest BCUT2D eigenvalue weighted by Gasteiger charge is -1.92. The zero-order chi connectivity index (χ0) is 7.84. The topological polar surface area (TPSA) is 46.9 Å². The lowest BCUT2D eigenvalue weighted by Crippen LogP contribution is -1.96. The molecule has 0 spiro atoms. The van der Waals surface area contributed by atoms with Gasteiger partial charge in [0.25, 0.3) is 0 Å². The Labute approximate surface area is 71.7 Å². The minimum absolute atomic E-state index is 0.465. The summed E-state index contributed by atoms with van der Waals surface area (Å²) in [4.78, 5) is 14.4. The van der Waals surface area contributed by atoms with E-state index in [0.29, 0.717) is 5.69 Å². The van der Waals surface area contributed by atoms with E-state index in [-0.39, 0.29) is 0 Å². The molecule has 1 aromatic rings. The predicted octanol–water partition coefficient (Wildman–Crippen LogP) is 0.884. The van der Waals surface area contributed by atoms with E-state index in [0.717, 1.165) is 29.9 Å². The van der Waals surface area contributed by atoms with Crippen LogP contribution in [-0.4, -0.2) is 22.4 Å². The van der Waals surface area contributed by atoms with Crippen molar-refractivity contribution in [1.29, 1.82) is 0 Å². The van der Waals surface area contributed by atoms with Crippen molar-refractivity contribution in [2.45, 2.75) is 6.54 Å². The lowest BCUT2D eigenvalue weighted by atomic mass is 10.5. The fourth-order valence-corrected chi connectivity index (χ4v) is 1.67. The number of hydrogen-bond acceptors (Lipinski definition) is 3. The Kier molecular flexibility index (Phi) is 1.45. The van der Waals surface area contributed by atoms with E-state index in [1.165, 1.54) is 0 Å². The first kappa shape index (κ1) is 6.84. The fraction of sp³-hybridized carbons (Fsp3) is 0.333. The van der Waals surface area contributed by atoms with Crippen LogP contribution in [0.2, 0.25) is 0 Å². The Morgan fingerprint density at radius 3 is 3.18 bits per heavy atom. The Balaban J connectivity index is 2.57. The number of imidazole rings is 1. The molecule has 2 rings (SSSR count). The van der Waals surface area contributed by atoms with Crippen molar-refractivity contribution in [3.05, 3.63) is 10.3 Å². The monoisotopic (exact) mass is 215 g/mol. The molecule has 0 saturated carbocycles. The van der Waals surface area contributed by atoms with E-state index in [9.17, 15) is 4.79 Å². The zero-order valence-corrected chi connectivity index (χ0v) is 7.26. The molecule has 2 heterocycles. The van der Waals surface area contributed by atoms with E-state index < -0.39 is 0 Å². The van der Waals surface area contributed by atoms with E-state index in [4.69, 9.17) is 0 Å². The van der Waals surface area contributed by atoms with Crippen LogP contribution in [0.3, 0.4) is 0 Å². The molecule has 58 valence electrons. The maximum atomic E-state index is 10.4.